The van der Waals surface area contributed by atoms with E-state index in [2.05, 4.69) is 19.9 Å². The molecule has 0 radical (unpaired) electrons. The number of hydrogen-bond donors (Lipinski definition) is 1. The predicted molar refractivity (Wildman–Crippen MR) is 105 cm³/mol. The van der Waals surface area contributed by atoms with Crippen LogP contribution in [0.15, 0.2) is 24.3 Å². The molecule has 0 amide bonds. The zero-order chi connectivity index (χ0) is 18.7. The molecule has 2 aromatic rings. The fourth-order valence-corrected chi connectivity index (χ4v) is 3.15. The molecule has 0 spiro atoms. The van der Waals surface area contributed by atoms with E-state index in [-0.39, 0.29) is 12.4 Å². The molecule has 0 unspecified atom stereocenters. The molecule has 0 aliphatic carbocycles. The molecule has 1 N–H and O–H groups in total. The minimum Gasteiger partial charge on any atom is -0.395 e. The average molecular weight is 437 g/mol. The highest BCUT2D eigenvalue weighted by molar-refractivity contribution is 6.66. The number of aliphatic hydroxyl groups is 1. The maximum atomic E-state index is 9.07. The van der Waals surface area contributed by atoms with Gasteiger partial charge in [0.15, 0.2) is 11.6 Å². The largest absolute Gasteiger partial charge is 0.395 e. The van der Waals surface area contributed by atoms with Gasteiger partial charge in [-0.05, 0) is 12.1 Å². The van der Waals surface area contributed by atoms with Crippen LogP contribution in [0.3, 0.4) is 0 Å². The predicted octanol–water partition coefficient (Wildman–Crippen LogP) is 3.13. The monoisotopic (exact) mass is 435 g/mol. The fraction of sp³-hybridized carbons (Fsp3) is 0.438. The highest BCUT2D eigenvalue weighted by Gasteiger charge is 2.30. The second kappa shape index (κ2) is 8.42. The Morgan fingerprint density at radius 3 is 2.38 bits per heavy atom. The van der Waals surface area contributed by atoms with E-state index in [1.807, 2.05) is 17.0 Å². The molecule has 2 heterocycles. The number of rotatable bonds is 4. The molecule has 1 aliphatic heterocycles. The van der Waals surface area contributed by atoms with Crippen LogP contribution < -0.4 is 4.90 Å². The molecule has 26 heavy (non-hydrogen) atoms. The summed E-state index contributed by atoms with van der Waals surface area (Å²) in [5, 5.41) is 9.64. The van der Waals surface area contributed by atoms with E-state index in [1.54, 1.807) is 12.1 Å². The molecule has 0 saturated carbocycles. The Labute approximate surface area is 171 Å². The maximum Gasteiger partial charge on any atom is 0.250 e. The van der Waals surface area contributed by atoms with Gasteiger partial charge < -0.3 is 10.0 Å². The highest BCUT2D eigenvalue weighted by atomic mass is 35.6. The third-order valence-corrected chi connectivity index (χ3v) is 4.77. The topological polar surface area (TPSA) is 65.4 Å². The number of hydrogen-bond acceptors (Lipinski definition) is 6. The molecule has 1 saturated heterocycles. The second-order valence-corrected chi connectivity index (χ2v) is 8.56. The van der Waals surface area contributed by atoms with Crippen LogP contribution in [-0.4, -0.2) is 64.3 Å². The van der Waals surface area contributed by atoms with E-state index in [0.29, 0.717) is 36.4 Å². The fourth-order valence-electron chi connectivity index (χ4n) is 2.70. The van der Waals surface area contributed by atoms with Crippen LogP contribution >= 0.6 is 46.4 Å². The molecular weight excluding hydrogens is 420 g/mol. The first kappa shape index (κ1) is 19.9. The Bertz CT molecular complexity index is 763. The lowest BCUT2D eigenvalue weighted by Gasteiger charge is -2.34. The summed E-state index contributed by atoms with van der Waals surface area (Å²) in [7, 11) is 0. The number of aromatic nitrogens is 3. The number of β-amino-alcohol motifs (C(OH)–C–C–N with tert-alkyl or cyclic N) is 1. The second-order valence-electron chi connectivity index (χ2n) is 5.84. The number of halogens is 4. The molecule has 140 valence electrons. The smallest absolute Gasteiger partial charge is 0.250 e. The quantitative estimate of drug-likeness (QED) is 0.742. The van der Waals surface area contributed by atoms with Crippen LogP contribution in [0.2, 0.25) is 5.02 Å². The third kappa shape index (κ3) is 4.88. The molecule has 6 nitrogen and oxygen atoms in total. The van der Waals surface area contributed by atoms with E-state index in [9.17, 15) is 0 Å². The number of benzene rings is 1. The summed E-state index contributed by atoms with van der Waals surface area (Å²) in [6, 6.07) is 7.17. The lowest BCUT2D eigenvalue weighted by atomic mass is 10.2. The van der Waals surface area contributed by atoms with E-state index in [4.69, 9.17) is 51.5 Å². The molecule has 10 heteroatoms. The normalized spacial score (nSPS) is 16.1. The van der Waals surface area contributed by atoms with E-state index < -0.39 is 3.79 Å². The molecule has 1 aromatic carbocycles. The summed E-state index contributed by atoms with van der Waals surface area (Å²) < 4.78 is -1.76. The van der Waals surface area contributed by atoms with Gasteiger partial charge in [-0.2, -0.15) is 9.97 Å². The van der Waals surface area contributed by atoms with Crippen LogP contribution in [0.5, 0.6) is 0 Å². The van der Waals surface area contributed by atoms with Crippen molar-refractivity contribution in [3.8, 4) is 11.4 Å². The summed E-state index contributed by atoms with van der Waals surface area (Å²) in [6.07, 6.45) is 0. The first-order chi connectivity index (χ1) is 12.4. The van der Waals surface area contributed by atoms with Crippen molar-refractivity contribution in [2.75, 3.05) is 44.2 Å². The van der Waals surface area contributed by atoms with Crippen LogP contribution in [0.1, 0.15) is 5.82 Å². The van der Waals surface area contributed by atoms with Gasteiger partial charge in [0, 0.05) is 43.3 Å². The van der Waals surface area contributed by atoms with Gasteiger partial charge in [-0.1, -0.05) is 58.5 Å². The number of alkyl halides is 3. The molecule has 3 rings (SSSR count). The van der Waals surface area contributed by atoms with Crippen molar-refractivity contribution in [3.63, 3.8) is 0 Å². The summed E-state index contributed by atoms with van der Waals surface area (Å²) >= 11 is 24.1. The number of piperazine rings is 1. The van der Waals surface area contributed by atoms with Crippen molar-refractivity contribution in [3.05, 3.63) is 35.1 Å². The van der Waals surface area contributed by atoms with Gasteiger partial charge in [-0.15, -0.1) is 0 Å². The minimum atomic E-state index is -1.76. The molecule has 0 bridgehead atoms. The lowest BCUT2D eigenvalue weighted by molar-refractivity contribution is 0.188. The van der Waals surface area contributed by atoms with Gasteiger partial charge in [0.05, 0.1) is 6.61 Å². The highest BCUT2D eigenvalue weighted by Crippen LogP contribution is 2.37. The Kier molecular flexibility index (Phi) is 6.43. The standard InChI is InChI=1S/C16H17Cl4N5O/c17-12-3-1-2-11(10-12)13-21-14(16(18,19)20)23-15(22-13)25-6-4-24(5-7-25)8-9-26/h1-3,10,26H,4-9H2. The Hall–Kier alpha value is -0.890. The molecule has 1 aromatic heterocycles. The lowest BCUT2D eigenvalue weighted by Crippen LogP contribution is -2.48. The van der Waals surface area contributed by atoms with Crippen molar-refractivity contribution < 1.29 is 5.11 Å². The van der Waals surface area contributed by atoms with Crippen LogP contribution in [0.25, 0.3) is 11.4 Å². The van der Waals surface area contributed by atoms with Gasteiger partial charge in [-0.25, -0.2) is 4.98 Å². The SMILES string of the molecule is OCCN1CCN(c2nc(-c3cccc(Cl)c3)nc(C(Cl)(Cl)Cl)n2)CC1. The third-order valence-electron chi connectivity index (χ3n) is 4.03. The number of aliphatic hydroxyl groups excluding tert-OH is 1. The van der Waals surface area contributed by atoms with Gasteiger partial charge in [0.25, 0.3) is 0 Å². The van der Waals surface area contributed by atoms with E-state index in [1.165, 1.54) is 0 Å². The Morgan fingerprint density at radius 1 is 1.04 bits per heavy atom. The summed E-state index contributed by atoms with van der Waals surface area (Å²) in [5.74, 6) is 0.928. The summed E-state index contributed by atoms with van der Waals surface area (Å²) in [6.45, 7) is 3.79. The maximum absolute atomic E-state index is 9.07. The van der Waals surface area contributed by atoms with Crippen molar-refractivity contribution in [1.82, 2.24) is 19.9 Å². The van der Waals surface area contributed by atoms with Gasteiger partial charge in [-0.3, -0.25) is 4.90 Å². The first-order valence-corrected chi connectivity index (χ1v) is 9.55. The molecular formula is C16H17Cl4N5O. The number of nitrogens with zero attached hydrogens (tertiary/aromatic N) is 5. The van der Waals surface area contributed by atoms with Crippen LogP contribution in [0, 0.1) is 0 Å². The van der Waals surface area contributed by atoms with Gasteiger partial charge >= 0.3 is 0 Å². The van der Waals surface area contributed by atoms with Crippen molar-refractivity contribution in [2.24, 2.45) is 0 Å². The van der Waals surface area contributed by atoms with Crippen molar-refractivity contribution in [2.45, 2.75) is 3.79 Å². The Balaban J connectivity index is 1.94. The van der Waals surface area contributed by atoms with Gasteiger partial charge in [0.2, 0.25) is 9.74 Å². The average Bonchev–Trinajstić information content (AvgIpc) is 2.61. The van der Waals surface area contributed by atoms with Crippen LogP contribution in [0.4, 0.5) is 5.95 Å². The summed E-state index contributed by atoms with van der Waals surface area (Å²) in [5.41, 5.74) is 0.718. The first-order valence-electron chi connectivity index (χ1n) is 8.04. The van der Waals surface area contributed by atoms with Crippen molar-refractivity contribution >= 4 is 52.4 Å². The number of anilines is 1. The van der Waals surface area contributed by atoms with E-state index in [0.717, 1.165) is 18.7 Å². The van der Waals surface area contributed by atoms with Gasteiger partial charge in [0.1, 0.15) is 0 Å². The summed E-state index contributed by atoms with van der Waals surface area (Å²) in [4.78, 5) is 17.4. The zero-order valence-corrected chi connectivity index (χ0v) is 16.8. The Morgan fingerprint density at radius 2 is 1.77 bits per heavy atom. The van der Waals surface area contributed by atoms with Crippen molar-refractivity contribution in [1.29, 1.82) is 0 Å². The minimum absolute atomic E-state index is 0.0697. The molecule has 1 fully saturated rings. The van der Waals surface area contributed by atoms with Crippen LogP contribution in [-0.2, 0) is 3.79 Å². The zero-order valence-electron chi connectivity index (χ0n) is 13.7. The van der Waals surface area contributed by atoms with E-state index >= 15 is 0 Å². The molecule has 1 aliphatic rings. The molecule has 0 atom stereocenters.